The van der Waals surface area contributed by atoms with E-state index in [4.69, 9.17) is 5.11 Å². The van der Waals surface area contributed by atoms with Crippen LogP contribution in [0.4, 0.5) is 0 Å². The Bertz CT molecular complexity index is 451. The number of unbranched alkanes of at least 4 members (excludes halogenated alkanes) is 24. The Morgan fingerprint density at radius 1 is 0.500 bits per heavy atom. The maximum atomic E-state index is 8.64. The summed E-state index contributed by atoms with van der Waals surface area (Å²) in [5, 5.41) is 8.64. The standard InChI is InChI=1S/C19H38N2.C16H34O/c1-3-5-6-7-8-9-10-11-12-13-14-15-16-19-20-17-18-21(19)4-2;1-2-3-4-5-6-7-8-9-10-11-12-13-14-15-16-17/h3-18H2,1-2H3;17H,2-16H2,1H3. The second-order valence-electron chi connectivity index (χ2n) is 11.8. The zero-order chi connectivity index (χ0) is 27.8. The lowest BCUT2D eigenvalue weighted by atomic mass is 10.0. The van der Waals surface area contributed by atoms with E-state index in [0.717, 1.165) is 26.1 Å². The number of hydrogen-bond acceptors (Lipinski definition) is 3. The molecule has 0 fully saturated rings. The molecule has 1 heterocycles. The van der Waals surface area contributed by atoms with Crippen molar-refractivity contribution in [3.05, 3.63) is 0 Å². The Balaban J connectivity index is 0.000000739. The van der Waals surface area contributed by atoms with Gasteiger partial charge in [0.15, 0.2) is 0 Å². The lowest BCUT2D eigenvalue weighted by Gasteiger charge is -2.17. The molecule has 0 unspecified atom stereocenters. The first-order valence-electron chi connectivity index (χ1n) is 17.7. The minimum atomic E-state index is 0.373. The van der Waals surface area contributed by atoms with E-state index in [-0.39, 0.29) is 0 Å². The summed E-state index contributed by atoms with van der Waals surface area (Å²) in [7, 11) is 0. The third-order valence-corrected chi connectivity index (χ3v) is 8.18. The van der Waals surface area contributed by atoms with Crippen molar-refractivity contribution < 1.29 is 5.11 Å². The number of aliphatic imine (C=N–C) groups is 1. The number of nitrogens with zero attached hydrogens (tertiary/aromatic N) is 2. The number of rotatable bonds is 28. The predicted molar refractivity (Wildman–Crippen MR) is 173 cm³/mol. The molecule has 0 radical (unpaired) electrons. The summed E-state index contributed by atoms with van der Waals surface area (Å²) in [6.07, 6.45) is 37.6. The molecule has 0 amide bonds. The molecule has 0 aliphatic carbocycles. The normalized spacial score (nSPS) is 13.1. The highest BCUT2D eigenvalue weighted by molar-refractivity contribution is 5.83. The van der Waals surface area contributed by atoms with Gasteiger partial charge in [0.1, 0.15) is 0 Å². The fraction of sp³-hybridized carbons (Fsp3) is 0.971. The Morgan fingerprint density at radius 3 is 1.18 bits per heavy atom. The minimum Gasteiger partial charge on any atom is -0.396 e. The number of likely N-dealkylation sites (N-methyl/N-ethyl adjacent to an activating group) is 1. The fourth-order valence-electron chi connectivity index (χ4n) is 5.54. The molecular weight excluding hydrogens is 464 g/mol. The van der Waals surface area contributed by atoms with Crippen molar-refractivity contribution in [2.45, 2.75) is 194 Å². The van der Waals surface area contributed by atoms with Crippen LogP contribution in [0.15, 0.2) is 4.99 Å². The monoisotopic (exact) mass is 537 g/mol. The van der Waals surface area contributed by atoms with E-state index in [1.165, 1.54) is 173 Å². The van der Waals surface area contributed by atoms with Gasteiger partial charge in [-0.3, -0.25) is 4.99 Å². The van der Waals surface area contributed by atoms with E-state index in [1.54, 1.807) is 0 Å². The third-order valence-electron chi connectivity index (χ3n) is 8.18. The van der Waals surface area contributed by atoms with Gasteiger partial charge in [0.2, 0.25) is 0 Å². The molecule has 0 saturated carbocycles. The van der Waals surface area contributed by atoms with Crippen molar-refractivity contribution in [2.24, 2.45) is 4.99 Å². The van der Waals surface area contributed by atoms with Crippen molar-refractivity contribution in [2.75, 3.05) is 26.2 Å². The van der Waals surface area contributed by atoms with Crippen molar-refractivity contribution in [3.63, 3.8) is 0 Å². The molecule has 0 saturated heterocycles. The molecule has 1 aliphatic heterocycles. The molecule has 0 atom stereocenters. The van der Waals surface area contributed by atoms with Gasteiger partial charge in [0.05, 0.1) is 12.4 Å². The summed E-state index contributed by atoms with van der Waals surface area (Å²) in [5.74, 6) is 1.38. The Morgan fingerprint density at radius 2 is 0.842 bits per heavy atom. The SMILES string of the molecule is CCCCCCCCCCCCCCC1=NCCN1CC.CCCCCCCCCCCCCCCCO. The van der Waals surface area contributed by atoms with Gasteiger partial charge < -0.3 is 10.0 Å². The van der Waals surface area contributed by atoms with Crippen molar-refractivity contribution in [1.82, 2.24) is 4.90 Å². The molecule has 0 aromatic heterocycles. The number of aliphatic hydroxyl groups excluding tert-OH is 1. The first-order chi connectivity index (χ1) is 18.8. The Labute approximate surface area is 241 Å². The van der Waals surface area contributed by atoms with Gasteiger partial charge in [-0.05, 0) is 19.8 Å². The molecule has 0 aromatic rings. The first-order valence-corrected chi connectivity index (χ1v) is 17.7. The maximum absolute atomic E-state index is 8.64. The average Bonchev–Trinajstić information content (AvgIpc) is 3.40. The highest BCUT2D eigenvalue weighted by Crippen LogP contribution is 2.15. The van der Waals surface area contributed by atoms with Gasteiger partial charge >= 0.3 is 0 Å². The van der Waals surface area contributed by atoms with Crippen LogP contribution in [-0.4, -0.2) is 42.1 Å². The van der Waals surface area contributed by atoms with E-state index in [0.29, 0.717) is 6.61 Å². The highest BCUT2D eigenvalue weighted by Gasteiger charge is 2.13. The lowest BCUT2D eigenvalue weighted by molar-refractivity contribution is 0.282. The molecule has 1 aliphatic rings. The summed E-state index contributed by atoms with van der Waals surface area (Å²) in [6, 6.07) is 0. The first kappa shape index (κ1) is 37.4. The van der Waals surface area contributed by atoms with Gasteiger partial charge in [-0.25, -0.2) is 0 Å². The van der Waals surface area contributed by atoms with Crippen LogP contribution < -0.4 is 0 Å². The molecule has 3 nitrogen and oxygen atoms in total. The number of amidine groups is 1. The van der Waals surface area contributed by atoms with E-state index in [1.807, 2.05) is 0 Å². The smallest absolute Gasteiger partial charge is 0.0990 e. The number of hydrogen-bond donors (Lipinski definition) is 1. The lowest BCUT2D eigenvalue weighted by Crippen LogP contribution is -2.27. The largest absolute Gasteiger partial charge is 0.396 e. The van der Waals surface area contributed by atoms with Crippen LogP contribution >= 0.6 is 0 Å². The summed E-state index contributed by atoms with van der Waals surface area (Å²) in [5.41, 5.74) is 0. The minimum absolute atomic E-state index is 0.373. The molecule has 3 heteroatoms. The molecule has 1 rings (SSSR count). The topological polar surface area (TPSA) is 35.8 Å². The van der Waals surface area contributed by atoms with Crippen molar-refractivity contribution >= 4 is 5.84 Å². The van der Waals surface area contributed by atoms with Crippen molar-refractivity contribution in [3.8, 4) is 0 Å². The van der Waals surface area contributed by atoms with Gasteiger partial charge in [-0.2, -0.15) is 0 Å². The second-order valence-corrected chi connectivity index (χ2v) is 11.8. The van der Waals surface area contributed by atoms with E-state index in [9.17, 15) is 0 Å². The zero-order valence-corrected chi connectivity index (χ0v) is 26.8. The zero-order valence-electron chi connectivity index (χ0n) is 26.8. The Kier molecular flexibility index (Phi) is 32.2. The van der Waals surface area contributed by atoms with Gasteiger partial charge in [0.25, 0.3) is 0 Å². The molecule has 0 bridgehead atoms. The van der Waals surface area contributed by atoms with Crippen LogP contribution in [0.3, 0.4) is 0 Å². The van der Waals surface area contributed by atoms with Gasteiger partial charge in [-0.1, -0.05) is 168 Å². The van der Waals surface area contributed by atoms with E-state index >= 15 is 0 Å². The molecule has 38 heavy (non-hydrogen) atoms. The molecule has 0 aromatic carbocycles. The van der Waals surface area contributed by atoms with E-state index < -0.39 is 0 Å². The van der Waals surface area contributed by atoms with Crippen LogP contribution in [0.1, 0.15) is 194 Å². The Hall–Kier alpha value is -0.570. The molecule has 0 spiro atoms. The molecule has 1 N–H and O–H groups in total. The third kappa shape index (κ3) is 27.0. The summed E-state index contributed by atoms with van der Waals surface area (Å²) < 4.78 is 0. The highest BCUT2D eigenvalue weighted by atomic mass is 16.2. The molecule has 228 valence electrons. The van der Waals surface area contributed by atoms with Gasteiger partial charge in [0, 0.05) is 26.1 Å². The summed E-state index contributed by atoms with van der Waals surface area (Å²) >= 11 is 0. The maximum Gasteiger partial charge on any atom is 0.0990 e. The van der Waals surface area contributed by atoms with Crippen LogP contribution in [0.25, 0.3) is 0 Å². The number of aliphatic hydroxyl groups is 1. The van der Waals surface area contributed by atoms with Crippen LogP contribution in [-0.2, 0) is 0 Å². The second kappa shape index (κ2) is 32.6. The van der Waals surface area contributed by atoms with Crippen LogP contribution in [0.2, 0.25) is 0 Å². The quantitative estimate of drug-likeness (QED) is 0.101. The summed E-state index contributed by atoms with van der Waals surface area (Å²) in [6.45, 7) is 10.5. The van der Waals surface area contributed by atoms with Gasteiger partial charge in [-0.15, -0.1) is 0 Å². The van der Waals surface area contributed by atoms with Crippen LogP contribution in [0.5, 0.6) is 0 Å². The predicted octanol–water partition coefficient (Wildman–Crippen LogP) is 11.3. The summed E-state index contributed by atoms with van der Waals surface area (Å²) in [4.78, 5) is 7.06. The van der Waals surface area contributed by atoms with E-state index in [2.05, 4.69) is 30.7 Å². The van der Waals surface area contributed by atoms with Crippen molar-refractivity contribution in [1.29, 1.82) is 0 Å². The molecular formula is C35H72N2O. The average molecular weight is 537 g/mol. The van der Waals surface area contributed by atoms with Crippen LogP contribution in [0, 0.1) is 0 Å². The fourth-order valence-corrected chi connectivity index (χ4v) is 5.54.